The minimum atomic E-state index is 0.0669. The largest absolute Gasteiger partial charge is 0.496 e. The molecule has 0 heterocycles. The van der Waals surface area contributed by atoms with Crippen LogP contribution in [0.3, 0.4) is 0 Å². The Balaban J connectivity index is 2.62. The van der Waals surface area contributed by atoms with Crippen LogP contribution in [0.5, 0.6) is 5.75 Å². The maximum absolute atomic E-state index is 11.5. The Hall–Kier alpha value is -1.55. The Labute approximate surface area is 109 Å². The first-order valence-electron chi connectivity index (χ1n) is 6.14. The highest BCUT2D eigenvalue weighted by Crippen LogP contribution is 2.22. The van der Waals surface area contributed by atoms with Crippen molar-refractivity contribution in [2.24, 2.45) is 0 Å². The summed E-state index contributed by atoms with van der Waals surface area (Å²) < 4.78 is 5.26. The Bertz CT molecular complexity index is 417. The van der Waals surface area contributed by atoms with Gasteiger partial charge in [-0.2, -0.15) is 0 Å². The zero-order valence-electron chi connectivity index (χ0n) is 11.6. The van der Waals surface area contributed by atoms with Gasteiger partial charge in [0.15, 0.2) is 0 Å². The summed E-state index contributed by atoms with van der Waals surface area (Å²) in [6, 6.07) is 4.07. The highest BCUT2D eigenvalue weighted by Gasteiger charge is 2.06. The molecule has 0 spiro atoms. The molecule has 2 N–H and O–H groups in total. The van der Waals surface area contributed by atoms with Gasteiger partial charge in [-0.25, -0.2) is 0 Å². The second-order valence-corrected chi connectivity index (χ2v) is 4.38. The average Bonchev–Trinajstić information content (AvgIpc) is 2.36. The molecule has 0 aliphatic carbocycles. The van der Waals surface area contributed by atoms with E-state index in [2.05, 4.69) is 16.7 Å². The van der Waals surface area contributed by atoms with Gasteiger partial charge in [-0.3, -0.25) is 4.79 Å². The first kappa shape index (κ1) is 14.5. The Kier molecular flexibility index (Phi) is 5.65. The Morgan fingerprint density at radius 3 is 2.61 bits per heavy atom. The van der Waals surface area contributed by atoms with Crippen molar-refractivity contribution in [2.75, 3.05) is 20.7 Å². The molecular formula is C14H22N2O2. The highest BCUT2D eigenvalue weighted by atomic mass is 16.5. The molecule has 0 atom stereocenters. The number of hydrogen-bond acceptors (Lipinski definition) is 3. The fourth-order valence-corrected chi connectivity index (χ4v) is 1.78. The summed E-state index contributed by atoms with van der Waals surface area (Å²) >= 11 is 0. The number of nitrogens with one attached hydrogen (secondary N) is 2. The summed E-state index contributed by atoms with van der Waals surface area (Å²) in [7, 11) is 3.51. The van der Waals surface area contributed by atoms with E-state index in [9.17, 15) is 4.79 Å². The van der Waals surface area contributed by atoms with Gasteiger partial charge in [0.25, 0.3) is 0 Å². The molecule has 0 radical (unpaired) electrons. The average molecular weight is 250 g/mol. The van der Waals surface area contributed by atoms with E-state index in [0.29, 0.717) is 19.5 Å². The van der Waals surface area contributed by atoms with Crippen molar-refractivity contribution in [3.05, 3.63) is 28.8 Å². The predicted molar refractivity (Wildman–Crippen MR) is 72.9 cm³/mol. The molecule has 1 aromatic carbocycles. The van der Waals surface area contributed by atoms with E-state index in [1.807, 2.05) is 27.0 Å². The van der Waals surface area contributed by atoms with Crippen molar-refractivity contribution in [3.8, 4) is 5.75 Å². The molecule has 0 aromatic heterocycles. The van der Waals surface area contributed by atoms with Gasteiger partial charge in [-0.05, 0) is 43.7 Å². The molecule has 1 rings (SSSR count). The van der Waals surface area contributed by atoms with E-state index >= 15 is 0 Å². The van der Waals surface area contributed by atoms with Crippen molar-refractivity contribution in [2.45, 2.75) is 26.8 Å². The molecule has 0 fully saturated rings. The van der Waals surface area contributed by atoms with Crippen molar-refractivity contribution in [3.63, 3.8) is 0 Å². The molecule has 0 bridgehead atoms. The minimum Gasteiger partial charge on any atom is -0.496 e. The van der Waals surface area contributed by atoms with E-state index in [-0.39, 0.29) is 5.91 Å². The lowest BCUT2D eigenvalue weighted by Crippen LogP contribution is -2.26. The summed E-state index contributed by atoms with van der Waals surface area (Å²) in [6.07, 6.45) is 0.505. The second-order valence-electron chi connectivity index (χ2n) is 4.38. The van der Waals surface area contributed by atoms with Gasteiger partial charge in [-0.15, -0.1) is 0 Å². The summed E-state index contributed by atoms with van der Waals surface area (Å²) in [5, 5.41) is 5.87. The fraction of sp³-hybridized carbons (Fsp3) is 0.500. The van der Waals surface area contributed by atoms with Crippen LogP contribution in [0.1, 0.15) is 23.1 Å². The molecule has 1 amide bonds. The maximum Gasteiger partial charge on any atom is 0.221 e. The number of carbonyl (C=O) groups is 1. The summed E-state index contributed by atoms with van der Waals surface area (Å²) in [4.78, 5) is 11.5. The van der Waals surface area contributed by atoms with Crippen LogP contribution in [0.15, 0.2) is 12.1 Å². The van der Waals surface area contributed by atoms with Crippen molar-refractivity contribution < 1.29 is 9.53 Å². The number of aryl methyl sites for hydroxylation is 2. The number of carbonyl (C=O) groups excluding carboxylic acids is 1. The quantitative estimate of drug-likeness (QED) is 0.805. The number of methoxy groups -OCH3 is 1. The molecule has 0 saturated carbocycles. The Morgan fingerprint density at radius 1 is 1.28 bits per heavy atom. The molecule has 1 aromatic rings. The predicted octanol–water partition coefficient (Wildman–Crippen LogP) is 1.54. The first-order valence-corrected chi connectivity index (χ1v) is 6.14. The lowest BCUT2D eigenvalue weighted by molar-refractivity contribution is -0.121. The summed E-state index contributed by atoms with van der Waals surface area (Å²) in [5.41, 5.74) is 3.35. The van der Waals surface area contributed by atoms with Gasteiger partial charge in [0.05, 0.1) is 7.11 Å². The molecule has 0 aliphatic heterocycles. The standard InChI is InChI=1S/C14H22N2O2/c1-10-8-13(18-4)11(2)7-12(10)9-16-14(17)5-6-15-3/h7-8,15H,5-6,9H2,1-4H3,(H,16,17). The number of benzene rings is 1. The molecule has 4 heteroatoms. The molecule has 0 saturated heterocycles. The van der Waals surface area contributed by atoms with Gasteiger partial charge >= 0.3 is 0 Å². The maximum atomic E-state index is 11.5. The minimum absolute atomic E-state index is 0.0669. The van der Waals surface area contributed by atoms with Crippen LogP contribution in [0.4, 0.5) is 0 Å². The molecule has 4 nitrogen and oxygen atoms in total. The van der Waals surface area contributed by atoms with Crippen molar-refractivity contribution >= 4 is 5.91 Å². The molecule has 0 aliphatic rings. The first-order chi connectivity index (χ1) is 8.58. The Morgan fingerprint density at radius 2 is 2.00 bits per heavy atom. The van der Waals surface area contributed by atoms with E-state index in [1.165, 1.54) is 0 Å². The lowest BCUT2D eigenvalue weighted by atomic mass is 10.0. The van der Waals surface area contributed by atoms with Crippen LogP contribution in [0.25, 0.3) is 0 Å². The van der Waals surface area contributed by atoms with Crippen LogP contribution >= 0.6 is 0 Å². The third-order valence-corrected chi connectivity index (χ3v) is 2.93. The number of rotatable bonds is 6. The normalized spacial score (nSPS) is 10.2. The van der Waals surface area contributed by atoms with Gasteiger partial charge in [-0.1, -0.05) is 6.07 Å². The second kappa shape index (κ2) is 7.01. The van der Waals surface area contributed by atoms with Crippen LogP contribution in [-0.2, 0) is 11.3 Å². The van der Waals surface area contributed by atoms with E-state index in [1.54, 1.807) is 7.11 Å². The topological polar surface area (TPSA) is 50.4 Å². The number of amides is 1. The number of hydrogen-bond donors (Lipinski definition) is 2. The van der Waals surface area contributed by atoms with Crippen LogP contribution in [-0.4, -0.2) is 26.6 Å². The van der Waals surface area contributed by atoms with Crippen molar-refractivity contribution in [1.29, 1.82) is 0 Å². The van der Waals surface area contributed by atoms with E-state index < -0.39 is 0 Å². The molecule has 100 valence electrons. The highest BCUT2D eigenvalue weighted by molar-refractivity contribution is 5.76. The SMILES string of the molecule is CNCCC(=O)NCc1cc(C)c(OC)cc1C. The van der Waals surface area contributed by atoms with Gasteiger partial charge in [0.2, 0.25) is 5.91 Å². The number of ether oxygens (including phenoxy) is 1. The molecule has 18 heavy (non-hydrogen) atoms. The smallest absolute Gasteiger partial charge is 0.221 e. The summed E-state index contributed by atoms with van der Waals surface area (Å²) in [5.74, 6) is 0.954. The van der Waals surface area contributed by atoms with E-state index in [4.69, 9.17) is 4.74 Å². The fourth-order valence-electron chi connectivity index (χ4n) is 1.78. The zero-order chi connectivity index (χ0) is 13.5. The third-order valence-electron chi connectivity index (χ3n) is 2.93. The van der Waals surface area contributed by atoms with Gasteiger partial charge < -0.3 is 15.4 Å². The third kappa shape index (κ3) is 4.04. The molecular weight excluding hydrogens is 228 g/mol. The molecule has 0 unspecified atom stereocenters. The van der Waals surface area contributed by atoms with Crippen molar-refractivity contribution in [1.82, 2.24) is 10.6 Å². The monoisotopic (exact) mass is 250 g/mol. The lowest BCUT2D eigenvalue weighted by Gasteiger charge is -2.12. The zero-order valence-corrected chi connectivity index (χ0v) is 11.6. The van der Waals surface area contributed by atoms with Gasteiger partial charge in [0.1, 0.15) is 5.75 Å². The van der Waals surface area contributed by atoms with Gasteiger partial charge in [0, 0.05) is 19.5 Å². The van der Waals surface area contributed by atoms with Crippen LogP contribution in [0.2, 0.25) is 0 Å². The van der Waals surface area contributed by atoms with Crippen LogP contribution in [0, 0.1) is 13.8 Å². The summed E-state index contributed by atoms with van der Waals surface area (Å²) in [6.45, 7) is 5.30. The van der Waals surface area contributed by atoms with Crippen LogP contribution < -0.4 is 15.4 Å². The van der Waals surface area contributed by atoms with E-state index in [0.717, 1.165) is 22.4 Å².